The number of aromatic nitrogens is 2. The summed E-state index contributed by atoms with van der Waals surface area (Å²) in [7, 11) is 0. The van der Waals surface area contributed by atoms with E-state index in [9.17, 15) is 5.11 Å². The van der Waals surface area contributed by atoms with Crippen LogP contribution in [0.5, 0.6) is 0 Å². The lowest BCUT2D eigenvalue weighted by Crippen LogP contribution is -2.28. The summed E-state index contributed by atoms with van der Waals surface area (Å²) >= 11 is 1.60. The van der Waals surface area contributed by atoms with Crippen LogP contribution in [0.15, 0.2) is 59.4 Å². The fraction of sp³-hybridized carbons (Fsp3) is 0.273. The van der Waals surface area contributed by atoms with Crippen molar-refractivity contribution in [2.45, 2.75) is 37.8 Å². The van der Waals surface area contributed by atoms with Crippen LogP contribution in [0, 0.1) is 0 Å². The summed E-state index contributed by atoms with van der Waals surface area (Å²) in [6, 6.07) is 14.4. The van der Waals surface area contributed by atoms with Crippen molar-refractivity contribution < 1.29 is 9.52 Å². The first-order valence-electron chi connectivity index (χ1n) is 9.85. The van der Waals surface area contributed by atoms with Crippen LogP contribution in [0.2, 0.25) is 0 Å². The van der Waals surface area contributed by atoms with Crippen molar-refractivity contribution in [1.82, 2.24) is 9.97 Å². The minimum absolute atomic E-state index is 0.151. The molecule has 6 nitrogen and oxygen atoms in total. The molecular weight excluding hydrogens is 384 g/mol. The van der Waals surface area contributed by atoms with Crippen LogP contribution < -0.4 is 10.6 Å². The van der Waals surface area contributed by atoms with E-state index in [1.807, 2.05) is 30.3 Å². The van der Waals surface area contributed by atoms with Gasteiger partial charge in [-0.15, -0.1) is 0 Å². The molecule has 1 fully saturated rings. The molecule has 148 valence electrons. The number of thiazole rings is 1. The van der Waals surface area contributed by atoms with E-state index < -0.39 is 0 Å². The molecule has 3 N–H and O–H groups in total. The van der Waals surface area contributed by atoms with Crippen LogP contribution in [-0.2, 0) is 0 Å². The van der Waals surface area contributed by atoms with Crippen molar-refractivity contribution in [1.29, 1.82) is 0 Å². The number of benzene rings is 1. The number of pyridine rings is 1. The smallest absolute Gasteiger partial charge is 0.189 e. The van der Waals surface area contributed by atoms with Crippen molar-refractivity contribution in [3.8, 4) is 11.1 Å². The predicted molar refractivity (Wildman–Crippen MR) is 117 cm³/mol. The van der Waals surface area contributed by atoms with Gasteiger partial charge in [-0.2, -0.15) is 0 Å². The van der Waals surface area contributed by atoms with Crippen LogP contribution >= 0.6 is 11.3 Å². The first kappa shape index (κ1) is 18.1. The zero-order valence-electron chi connectivity index (χ0n) is 15.8. The van der Waals surface area contributed by atoms with E-state index in [1.54, 1.807) is 23.9 Å². The van der Waals surface area contributed by atoms with Crippen molar-refractivity contribution in [2.24, 2.45) is 0 Å². The van der Waals surface area contributed by atoms with Crippen LogP contribution in [0.4, 0.5) is 16.8 Å². The average Bonchev–Trinajstić information content (AvgIpc) is 3.39. The number of hydrogen-bond acceptors (Lipinski definition) is 7. The monoisotopic (exact) mass is 406 g/mol. The Labute approximate surface area is 172 Å². The Morgan fingerprint density at radius 3 is 2.66 bits per heavy atom. The standard InChI is InChI=1S/C22H22N4O2S/c27-17-7-5-16(6-8-17)23-20-2-1-3-21(25-20)26-22-24-18-9-4-14(12-19(18)29-22)15-10-11-28-13-15/h1-4,9-13,16-17,27H,5-8H2,(H2,23,24,25,26). The summed E-state index contributed by atoms with van der Waals surface area (Å²) < 4.78 is 6.30. The predicted octanol–water partition coefficient (Wildman–Crippen LogP) is 5.41. The Morgan fingerprint density at radius 1 is 0.966 bits per heavy atom. The molecule has 0 saturated heterocycles. The number of hydrogen-bond donors (Lipinski definition) is 3. The molecule has 1 aromatic carbocycles. The average molecular weight is 407 g/mol. The molecule has 7 heteroatoms. The van der Waals surface area contributed by atoms with Gasteiger partial charge in [-0.05, 0) is 61.6 Å². The second kappa shape index (κ2) is 7.85. The largest absolute Gasteiger partial charge is 0.472 e. The highest BCUT2D eigenvalue weighted by atomic mass is 32.1. The fourth-order valence-corrected chi connectivity index (χ4v) is 4.62. The summed E-state index contributed by atoms with van der Waals surface area (Å²) in [5.41, 5.74) is 3.13. The van der Waals surface area contributed by atoms with Gasteiger partial charge in [0.2, 0.25) is 0 Å². The van der Waals surface area contributed by atoms with E-state index in [1.165, 1.54) is 0 Å². The molecule has 1 aliphatic carbocycles. The van der Waals surface area contributed by atoms with E-state index in [0.717, 1.165) is 63.8 Å². The molecule has 5 rings (SSSR count). The lowest BCUT2D eigenvalue weighted by Gasteiger charge is -2.26. The van der Waals surface area contributed by atoms with Gasteiger partial charge in [-0.3, -0.25) is 0 Å². The Hall–Kier alpha value is -2.90. The number of aliphatic hydroxyl groups excluding tert-OH is 1. The first-order valence-corrected chi connectivity index (χ1v) is 10.7. The molecule has 0 aliphatic heterocycles. The second-order valence-electron chi connectivity index (χ2n) is 7.40. The zero-order valence-corrected chi connectivity index (χ0v) is 16.7. The molecular formula is C22H22N4O2S. The lowest BCUT2D eigenvalue weighted by atomic mass is 9.93. The topological polar surface area (TPSA) is 83.2 Å². The third-order valence-electron chi connectivity index (χ3n) is 5.28. The number of anilines is 3. The molecule has 0 amide bonds. The van der Waals surface area contributed by atoms with E-state index in [2.05, 4.69) is 32.7 Å². The van der Waals surface area contributed by atoms with Crippen molar-refractivity contribution in [2.75, 3.05) is 10.6 Å². The summed E-state index contributed by atoms with van der Waals surface area (Å²) in [6.07, 6.45) is 6.92. The van der Waals surface area contributed by atoms with Crippen LogP contribution in [0.25, 0.3) is 21.3 Å². The molecule has 29 heavy (non-hydrogen) atoms. The van der Waals surface area contributed by atoms with Gasteiger partial charge in [-0.25, -0.2) is 9.97 Å². The molecule has 0 unspecified atom stereocenters. The van der Waals surface area contributed by atoms with Crippen molar-refractivity contribution >= 4 is 38.3 Å². The van der Waals surface area contributed by atoms with Crippen molar-refractivity contribution in [3.63, 3.8) is 0 Å². The fourth-order valence-electron chi connectivity index (χ4n) is 3.71. The van der Waals surface area contributed by atoms with Gasteiger partial charge in [0.15, 0.2) is 5.13 Å². The van der Waals surface area contributed by atoms with Gasteiger partial charge in [0, 0.05) is 11.6 Å². The Bertz CT molecular complexity index is 1100. The van der Waals surface area contributed by atoms with E-state index in [-0.39, 0.29) is 6.10 Å². The normalized spacial score (nSPS) is 19.3. The minimum atomic E-state index is -0.151. The highest BCUT2D eigenvalue weighted by Crippen LogP contribution is 2.32. The van der Waals surface area contributed by atoms with Gasteiger partial charge in [-0.1, -0.05) is 23.5 Å². The zero-order chi connectivity index (χ0) is 19.6. The quantitative estimate of drug-likeness (QED) is 0.411. The van der Waals surface area contributed by atoms with Gasteiger partial charge >= 0.3 is 0 Å². The molecule has 1 aliphatic rings. The molecule has 1 saturated carbocycles. The summed E-state index contributed by atoms with van der Waals surface area (Å²) in [4.78, 5) is 9.36. The van der Waals surface area contributed by atoms with Gasteiger partial charge < -0.3 is 20.2 Å². The maximum Gasteiger partial charge on any atom is 0.189 e. The van der Waals surface area contributed by atoms with Crippen LogP contribution in [0.3, 0.4) is 0 Å². The Kier molecular flexibility index (Phi) is 4.91. The van der Waals surface area contributed by atoms with Gasteiger partial charge in [0.25, 0.3) is 0 Å². The van der Waals surface area contributed by atoms with Gasteiger partial charge in [0.05, 0.1) is 28.8 Å². The molecule has 0 spiro atoms. The first-order chi connectivity index (χ1) is 14.2. The van der Waals surface area contributed by atoms with E-state index >= 15 is 0 Å². The van der Waals surface area contributed by atoms with E-state index in [4.69, 9.17) is 4.42 Å². The molecule has 0 atom stereocenters. The number of fused-ring (bicyclic) bond motifs is 1. The number of nitrogens with one attached hydrogen (secondary N) is 2. The minimum Gasteiger partial charge on any atom is -0.472 e. The third kappa shape index (κ3) is 4.11. The summed E-state index contributed by atoms with van der Waals surface area (Å²) in [5, 5.41) is 17.3. The number of aliphatic hydroxyl groups is 1. The Morgan fingerprint density at radius 2 is 1.83 bits per heavy atom. The third-order valence-corrected chi connectivity index (χ3v) is 6.21. The molecule has 0 radical (unpaired) electrons. The molecule has 4 aromatic rings. The second-order valence-corrected chi connectivity index (χ2v) is 8.43. The number of furan rings is 1. The molecule has 3 aromatic heterocycles. The maximum absolute atomic E-state index is 9.67. The summed E-state index contributed by atoms with van der Waals surface area (Å²) in [5.74, 6) is 1.61. The number of rotatable bonds is 5. The number of nitrogens with zero attached hydrogens (tertiary/aromatic N) is 2. The maximum atomic E-state index is 9.67. The highest BCUT2D eigenvalue weighted by molar-refractivity contribution is 7.22. The SMILES string of the molecule is OC1CCC(Nc2cccc(Nc3nc4ccc(-c5ccoc5)cc4s3)n2)CC1. The van der Waals surface area contributed by atoms with E-state index in [0.29, 0.717) is 6.04 Å². The molecule has 0 bridgehead atoms. The summed E-state index contributed by atoms with van der Waals surface area (Å²) in [6.45, 7) is 0. The van der Waals surface area contributed by atoms with Gasteiger partial charge in [0.1, 0.15) is 11.6 Å². The lowest BCUT2D eigenvalue weighted by molar-refractivity contribution is 0.126. The van der Waals surface area contributed by atoms with Crippen LogP contribution in [-0.4, -0.2) is 27.2 Å². The van der Waals surface area contributed by atoms with Crippen LogP contribution in [0.1, 0.15) is 25.7 Å². The molecule has 3 heterocycles. The van der Waals surface area contributed by atoms with Crippen molar-refractivity contribution in [3.05, 3.63) is 55.0 Å². The highest BCUT2D eigenvalue weighted by Gasteiger charge is 2.19. The Balaban J connectivity index is 1.31.